The Morgan fingerprint density at radius 1 is 1.38 bits per heavy atom. The van der Waals surface area contributed by atoms with Crippen LogP contribution < -0.4 is 10.6 Å². The molecular formula is C12H24N2O2. The normalized spacial score (nSPS) is 27.4. The monoisotopic (exact) mass is 228 g/mol. The highest BCUT2D eigenvalue weighted by molar-refractivity contribution is 5.81. The molecular weight excluding hydrogens is 204 g/mol. The minimum absolute atomic E-state index is 0.0935. The van der Waals surface area contributed by atoms with Gasteiger partial charge in [-0.25, -0.2) is 0 Å². The van der Waals surface area contributed by atoms with Crippen LogP contribution in [0.5, 0.6) is 0 Å². The second-order valence-corrected chi connectivity index (χ2v) is 4.49. The van der Waals surface area contributed by atoms with E-state index in [1.54, 1.807) is 7.11 Å². The SMILES string of the molecule is CCNC(=O)C(C)NC1CCC(OC)CC1. The molecule has 1 aliphatic rings. The molecule has 0 spiro atoms. The van der Waals surface area contributed by atoms with E-state index in [0.717, 1.165) is 25.7 Å². The first-order valence-corrected chi connectivity index (χ1v) is 6.24. The number of nitrogens with one attached hydrogen (secondary N) is 2. The zero-order chi connectivity index (χ0) is 12.0. The van der Waals surface area contributed by atoms with Gasteiger partial charge in [0, 0.05) is 19.7 Å². The quantitative estimate of drug-likeness (QED) is 0.739. The Morgan fingerprint density at radius 2 is 2.00 bits per heavy atom. The number of rotatable bonds is 5. The molecule has 0 bridgehead atoms. The molecule has 1 rings (SSSR count). The first-order chi connectivity index (χ1) is 7.67. The fourth-order valence-corrected chi connectivity index (χ4v) is 2.22. The Bertz CT molecular complexity index is 213. The summed E-state index contributed by atoms with van der Waals surface area (Å²) in [6.45, 7) is 4.56. The summed E-state index contributed by atoms with van der Waals surface area (Å²) in [6, 6.07) is 0.369. The van der Waals surface area contributed by atoms with Gasteiger partial charge >= 0.3 is 0 Å². The summed E-state index contributed by atoms with van der Waals surface area (Å²) in [4.78, 5) is 11.5. The zero-order valence-corrected chi connectivity index (χ0v) is 10.6. The van der Waals surface area contributed by atoms with Crippen LogP contribution in [0, 0.1) is 0 Å². The molecule has 1 amide bonds. The van der Waals surface area contributed by atoms with E-state index in [9.17, 15) is 4.79 Å². The Morgan fingerprint density at radius 3 is 2.50 bits per heavy atom. The van der Waals surface area contributed by atoms with Crippen molar-refractivity contribution in [1.29, 1.82) is 0 Å². The van der Waals surface area contributed by atoms with Crippen LogP contribution in [0.1, 0.15) is 39.5 Å². The molecule has 4 nitrogen and oxygen atoms in total. The van der Waals surface area contributed by atoms with Crippen molar-refractivity contribution in [3.63, 3.8) is 0 Å². The third kappa shape index (κ3) is 4.10. The largest absolute Gasteiger partial charge is 0.381 e. The average Bonchev–Trinajstić information content (AvgIpc) is 2.30. The number of hydrogen-bond acceptors (Lipinski definition) is 3. The predicted molar refractivity (Wildman–Crippen MR) is 64.3 cm³/mol. The van der Waals surface area contributed by atoms with Crippen LogP contribution in [-0.4, -0.2) is 37.7 Å². The summed E-state index contributed by atoms with van der Waals surface area (Å²) >= 11 is 0. The van der Waals surface area contributed by atoms with Gasteiger partial charge in [0.25, 0.3) is 0 Å². The van der Waals surface area contributed by atoms with Crippen LogP contribution in [0.4, 0.5) is 0 Å². The fraction of sp³-hybridized carbons (Fsp3) is 0.917. The number of hydrogen-bond donors (Lipinski definition) is 2. The molecule has 0 aromatic rings. The Hall–Kier alpha value is -0.610. The van der Waals surface area contributed by atoms with Crippen molar-refractivity contribution in [2.75, 3.05) is 13.7 Å². The summed E-state index contributed by atoms with van der Waals surface area (Å²) in [5.74, 6) is 0.0939. The van der Waals surface area contributed by atoms with Gasteiger partial charge in [0.1, 0.15) is 0 Å². The van der Waals surface area contributed by atoms with Crippen molar-refractivity contribution >= 4 is 5.91 Å². The third-order valence-electron chi connectivity index (χ3n) is 3.24. The first kappa shape index (κ1) is 13.5. The summed E-state index contributed by atoms with van der Waals surface area (Å²) in [5, 5.41) is 6.21. The maximum Gasteiger partial charge on any atom is 0.236 e. The van der Waals surface area contributed by atoms with Gasteiger partial charge in [-0.05, 0) is 39.5 Å². The van der Waals surface area contributed by atoms with Crippen LogP contribution in [0.25, 0.3) is 0 Å². The standard InChI is InChI=1S/C12H24N2O2/c1-4-13-12(15)9(2)14-10-5-7-11(16-3)8-6-10/h9-11,14H,4-8H2,1-3H3,(H,13,15). The Balaban J connectivity index is 2.25. The molecule has 94 valence electrons. The third-order valence-corrected chi connectivity index (χ3v) is 3.24. The molecule has 1 aliphatic carbocycles. The molecule has 0 aliphatic heterocycles. The van der Waals surface area contributed by atoms with Crippen molar-refractivity contribution in [3.8, 4) is 0 Å². The predicted octanol–water partition coefficient (Wildman–Crippen LogP) is 1.06. The molecule has 1 saturated carbocycles. The van der Waals surface area contributed by atoms with E-state index in [0.29, 0.717) is 18.7 Å². The highest BCUT2D eigenvalue weighted by Crippen LogP contribution is 2.20. The highest BCUT2D eigenvalue weighted by Gasteiger charge is 2.23. The van der Waals surface area contributed by atoms with Crippen LogP contribution >= 0.6 is 0 Å². The van der Waals surface area contributed by atoms with Gasteiger partial charge in [0.2, 0.25) is 5.91 Å². The van der Waals surface area contributed by atoms with Crippen molar-refractivity contribution in [2.24, 2.45) is 0 Å². The van der Waals surface area contributed by atoms with Gasteiger partial charge in [-0.2, -0.15) is 0 Å². The lowest BCUT2D eigenvalue weighted by atomic mass is 9.92. The summed E-state index contributed by atoms with van der Waals surface area (Å²) in [6.07, 6.45) is 4.80. The highest BCUT2D eigenvalue weighted by atomic mass is 16.5. The van der Waals surface area contributed by atoms with Crippen LogP contribution in [-0.2, 0) is 9.53 Å². The first-order valence-electron chi connectivity index (χ1n) is 6.24. The molecule has 1 fully saturated rings. The molecule has 0 saturated heterocycles. The molecule has 2 N–H and O–H groups in total. The molecule has 4 heteroatoms. The van der Waals surface area contributed by atoms with E-state index in [-0.39, 0.29) is 11.9 Å². The van der Waals surface area contributed by atoms with Gasteiger partial charge in [-0.3, -0.25) is 4.79 Å². The number of ether oxygens (including phenoxy) is 1. The maximum atomic E-state index is 11.5. The number of amides is 1. The lowest BCUT2D eigenvalue weighted by molar-refractivity contribution is -0.122. The summed E-state index contributed by atoms with van der Waals surface area (Å²) in [7, 11) is 1.77. The van der Waals surface area contributed by atoms with Crippen molar-refractivity contribution < 1.29 is 9.53 Å². The summed E-state index contributed by atoms with van der Waals surface area (Å²) < 4.78 is 5.32. The second-order valence-electron chi connectivity index (χ2n) is 4.49. The number of likely N-dealkylation sites (N-methyl/N-ethyl adjacent to an activating group) is 1. The number of carbonyl (C=O) groups is 1. The van der Waals surface area contributed by atoms with E-state index < -0.39 is 0 Å². The molecule has 1 unspecified atom stereocenters. The van der Waals surface area contributed by atoms with E-state index in [1.165, 1.54) is 0 Å². The fourth-order valence-electron chi connectivity index (χ4n) is 2.22. The smallest absolute Gasteiger partial charge is 0.236 e. The molecule has 1 atom stereocenters. The minimum Gasteiger partial charge on any atom is -0.381 e. The van der Waals surface area contributed by atoms with Crippen LogP contribution in [0.3, 0.4) is 0 Å². The Kier molecular flexibility index (Phi) is 5.77. The average molecular weight is 228 g/mol. The minimum atomic E-state index is -0.0935. The van der Waals surface area contributed by atoms with Crippen molar-refractivity contribution in [2.45, 2.75) is 57.7 Å². The van der Waals surface area contributed by atoms with Gasteiger partial charge in [-0.15, -0.1) is 0 Å². The van der Waals surface area contributed by atoms with Crippen molar-refractivity contribution in [1.82, 2.24) is 10.6 Å². The lowest BCUT2D eigenvalue weighted by Crippen LogP contribution is -2.48. The van der Waals surface area contributed by atoms with E-state index in [2.05, 4.69) is 10.6 Å². The lowest BCUT2D eigenvalue weighted by Gasteiger charge is -2.30. The second kappa shape index (κ2) is 6.86. The van der Waals surface area contributed by atoms with E-state index in [4.69, 9.17) is 4.74 Å². The maximum absolute atomic E-state index is 11.5. The number of methoxy groups -OCH3 is 1. The zero-order valence-electron chi connectivity index (χ0n) is 10.6. The molecule has 0 aromatic carbocycles. The van der Waals surface area contributed by atoms with Gasteiger partial charge < -0.3 is 15.4 Å². The van der Waals surface area contributed by atoms with E-state index >= 15 is 0 Å². The topological polar surface area (TPSA) is 50.4 Å². The van der Waals surface area contributed by atoms with Gasteiger partial charge in [-0.1, -0.05) is 0 Å². The van der Waals surface area contributed by atoms with Crippen LogP contribution in [0.2, 0.25) is 0 Å². The molecule has 0 radical (unpaired) electrons. The van der Waals surface area contributed by atoms with Crippen molar-refractivity contribution in [3.05, 3.63) is 0 Å². The molecule has 0 heterocycles. The molecule has 0 aromatic heterocycles. The Labute approximate surface area is 98.1 Å². The number of carbonyl (C=O) groups excluding carboxylic acids is 1. The van der Waals surface area contributed by atoms with Crippen LogP contribution in [0.15, 0.2) is 0 Å². The van der Waals surface area contributed by atoms with Gasteiger partial charge in [0.15, 0.2) is 0 Å². The van der Waals surface area contributed by atoms with Gasteiger partial charge in [0.05, 0.1) is 12.1 Å². The molecule has 16 heavy (non-hydrogen) atoms. The van der Waals surface area contributed by atoms with E-state index in [1.807, 2.05) is 13.8 Å². The summed E-state index contributed by atoms with van der Waals surface area (Å²) in [5.41, 5.74) is 0.